The molecule has 1 saturated heterocycles. The summed E-state index contributed by atoms with van der Waals surface area (Å²) in [5.41, 5.74) is 2.48. The minimum atomic E-state index is -0.149. The Bertz CT molecular complexity index is 621. The molecule has 0 aliphatic carbocycles. The molecule has 24 heavy (non-hydrogen) atoms. The van der Waals surface area contributed by atoms with Crippen molar-refractivity contribution >= 4 is 5.91 Å². The normalized spacial score (nSPS) is 16.8. The molecular formula is C21H26N2O. The summed E-state index contributed by atoms with van der Waals surface area (Å²) in [5, 5.41) is 3.07. The fraction of sp³-hybridized carbons (Fsp3) is 0.381. The number of hydrogen-bond acceptors (Lipinski definition) is 2. The molecule has 1 N–H and O–H groups in total. The van der Waals surface area contributed by atoms with E-state index < -0.39 is 0 Å². The van der Waals surface area contributed by atoms with E-state index in [1.54, 1.807) is 6.92 Å². The summed E-state index contributed by atoms with van der Waals surface area (Å²) < 4.78 is 0. The summed E-state index contributed by atoms with van der Waals surface area (Å²) in [5.74, 6) is 0.0716. The van der Waals surface area contributed by atoms with Crippen LogP contribution in [0, 0.1) is 0 Å². The van der Waals surface area contributed by atoms with Crippen molar-refractivity contribution in [2.75, 3.05) is 13.1 Å². The number of hydrogen-bond donors (Lipinski definition) is 1. The Kier molecular flexibility index (Phi) is 5.00. The number of amides is 1. The van der Waals surface area contributed by atoms with E-state index in [2.05, 4.69) is 77.8 Å². The van der Waals surface area contributed by atoms with Crippen molar-refractivity contribution in [3.8, 4) is 0 Å². The van der Waals surface area contributed by atoms with Gasteiger partial charge in [0.2, 0.25) is 5.91 Å². The third-order valence-corrected chi connectivity index (χ3v) is 5.21. The zero-order valence-electron chi connectivity index (χ0n) is 14.5. The average Bonchev–Trinajstić information content (AvgIpc) is 2.63. The third kappa shape index (κ3) is 3.36. The van der Waals surface area contributed by atoms with Gasteiger partial charge in [0, 0.05) is 26.1 Å². The molecule has 1 aliphatic heterocycles. The molecule has 0 atom stereocenters. The second-order valence-corrected chi connectivity index (χ2v) is 6.77. The van der Waals surface area contributed by atoms with Gasteiger partial charge in [-0.15, -0.1) is 0 Å². The van der Waals surface area contributed by atoms with Crippen LogP contribution in [0.5, 0.6) is 0 Å². The Balaban J connectivity index is 1.89. The summed E-state index contributed by atoms with van der Waals surface area (Å²) in [6, 6.07) is 21.7. The van der Waals surface area contributed by atoms with Crippen LogP contribution in [0.15, 0.2) is 60.7 Å². The highest BCUT2D eigenvalue weighted by atomic mass is 16.1. The Morgan fingerprint density at radius 3 is 1.83 bits per heavy atom. The van der Waals surface area contributed by atoms with Gasteiger partial charge in [-0.05, 0) is 30.9 Å². The van der Waals surface area contributed by atoms with Crippen LogP contribution < -0.4 is 5.32 Å². The number of piperidine rings is 1. The van der Waals surface area contributed by atoms with E-state index in [1.165, 1.54) is 11.1 Å². The van der Waals surface area contributed by atoms with Crippen molar-refractivity contribution < 1.29 is 4.79 Å². The van der Waals surface area contributed by atoms with Crippen LogP contribution in [0.3, 0.4) is 0 Å². The molecule has 0 spiro atoms. The monoisotopic (exact) mass is 322 g/mol. The fourth-order valence-corrected chi connectivity index (χ4v) is 3.82. The quantitative estimate of drug-likeness (QED) is 0.933. The molecule has 3 nitrogen and oxygen atoms in total. The number of nitrogens with one attached hydrogen (secondary N) is 1. The largest absolute Gasteiger partial charge is 0.354 e. The first-order valence-electron chi connectivity index (χ1n) is 8.74. The first kappa shape index (κ1) is 16.7. The van der Waals surface area contributed by atoms with Crippen molar-refractivity contribution in [1.82, 2.24) is 10.2 Å². The van der Waals surface area contributed by atoms with E-state index in [-0.39, 0.29) is 11.4 Å². The molecule has 1 amide bonds. The maximum Gasteiger partial charge on any atom is 0.217 e. The zero-order chi connectivity index (χ0) is 17.0. The smallest absolute Gasteiger partial charge is 0.217 e. The summed E-state index contributed by atoms with van der Waals surface area (Å²) in [4.78, 5) is 13.9. The van der Waals surface area contributed by atoms with E-state index in [1.807, 2.05) is 0 Å². The van der Waals surface area contributed by atoms with Crippen molar-refractivity contribution in [3.63, 3.8) is 0 Å². The van der Waals surface area contributed by atoms with Gasteiger partial charge >= 0.3 is 0 Å². The number of nitrogens with zero attached hydrogens (tertiary/aromatic N) is 1. The lowest BCUT2D eigenvalue weighted by molar-refractivity contribution is -0.120. The van der Waals surface area contributed by atoms with Crippen LogP contribution in [0.1, 0.15) is 37.8 Å². The minimum Gasteiger partial charge on any atom is -0.354 e. The number of likely N-dealkylation sites (tertiary alicyclic amines) is 1. The van der Waals surface area contributed by atoms with Gasteiger partial charge in [0.05, 0.1) is 5.54 Å². The Morgan fingerprint density at radius 2 is 1.42 bits per heavy atom. The minimum absolute atomic E-state index is 0.0716. The van der Waals surface area contributed by atoms with Crippen LogP contribution >= 0.6 is 0 Å². The van der Waals surface area contributed by atoms with E-state index >= 15 is 0 Å². The molecule has 0 saturated carbocycles. The first-order chi connectivity index (χ1) is 11.6. The van der Waals surface area contributed by atoms with Crippen molar-refractivity contribution in [1.29, 1.82) is 0 Å². The van der Waals surface area contributed by atoms with E-state index in [9.17, 15) is 4.79 Å². The molecule has 2 aromatic carbocycles. The Hall–Kier alpha value is -2.13. The molecule has 3 heteroatoms. The lowest BCUT2D eigenvalue weighted by Crippen LogP contribution is -2.52. The summed E-state index contributed by atoms with van der Waals surface area (Å²) in [6.07, 6.45) is 1.99. The summed E-state index contributed by atoms with van der Waals surface area (Å²) in [6.45, 7) is 5.87. The van der Waals surface area contributed by atoms with E-state index in [0.717, 1.165) is 25.9 Å². The molecule has 2 aromatic rings. The van der Waals surface area contributed by atoms with E-state index in [4.69, 9.17) is 0 Å². The third-order valence-electron chi connectivity index (χ3n) is 5.21. The summed E-state index contributed by atoms with van der Waals surface area (Å²) in [7, 11) is 0. The lowest BCUT2D eigenvalue weighted by atomic mass is 9.81. The van der Waals surface area contributed by atoms with Gasteiger partial charge < -0.3 is 5.32 Å². The van der Waals surface area contributed by atoms with Gasteiger partial charge in [0.25, 0.3) is 0 Å². The van der Waals surface area contributed by atoms with Gasteiger partial charge in [-0.1, -0.05) is 60.7 Å². The van der Waals surface area contributed by atoms with Crippen LogP contribution in [-0.2, 0) is 10.3 Å². The molecule has 1 aliphatic rings. The van der Waals surface area contributed by atoms with Crippen LogP contribution in [-0.4, -0.2) is 29.9 Å². The molecule has 0 bridgehead atoms. The molecule has 0 radical (unpaired) electrons. The van der Waals surface area contributed by atoms with Crippen LogP contribution in [0.4, 0.5) is 0 Å². The standard InChI is InChI=1S/C21H26N2O/c1-17(24)22-20-13-15-23(16-14-20)21(2,18-9-5-3-6-10-18)19-11-7-4-8-12-19/h3-12,20H,13-16H2,1-2H3,(H,22,24). The van der Waals surface area contributed by atoms with Crippen LogP contribution in [0.25, 0.3) is 0 Å². The topological polar surface area (TPSA) is 32.3 Å². The highest BCUT2D eigenvalue weighted by Gasteiger charge is 2.37. The number of rotatable bonds is 4. The number of carbonyl (C=O) groups is 1. The average molecular weight is 322 g/mol. The van der Waals surface area contributed by atoms with Crippen LogP contribution in [0.2, 0.25) is 0 Å². The number of benzene rings is 2. The predicted octanol–water partition coefficient (Wildman–Crippen LogP) is 3.55. The van der Waals surface area contributed by atoms with E-state index in [0.29, 0.717) is 6.04 Å². The molecule has 1 heterocycles. The maximum atomic E-state index is 11.3. The SMILES string of the molecule is CC(=O)NC1CCN(C(C)(c2ccccc2)c2ccccc2)CC1. The van der Waals surface area contributed by atoms with Gasteiger partial charge in [0.1, 0.15) is 0 Å². The van der Waals surface area contributed by atoms with Gasteiger partial charge in [0.15, 0.2) is 0 Å². The Labute approximate surface area is 144 Å². The van der Waals surface area contributed by atoms with Gasteiger partial charge in [-0.3, -0.25) is 9.69 Å². The lowest BCUT2D eigenvalue weighted by Gasteiger charge is -2.46. The fourth-order valence-electron chi connectivity index (χ4n) is 3.82. The first-order valence-corrected chi connectivity index (χ1v) is 8.74. The molecule has 0 aromatic heterocycles. The van der Waals surface area contributed by atoms with Gasteiger partial charge in [-0.2, -0.15) is 0 Å². The molecule has 0 unspecified atom stereocenters. The molecular weight excluding hydrogens is 296 g/mol. The maximum absolute atomic E-state index is 11.3. The van der Waals surface area contributed by atoms with Crippen molar-refractivity contribution in [2.24, 2.45) is 0 Å². The second kappa shape index (κ2) is 7.18. The Morgan fingerprint density at radius 1 is 0.958 bits per heavy atom. The van der Waals surface area contributed by atoms with Crippen molar-refractivity contribution in [2.45, 2.75) is 38.3 Å². The summed E-state index contributed by atoms with van der Waals surface area (Å²) >= 11 is 0. The molecule has 126 valence electrons. The highest BCUT2D eigenvalue weighted by molar-refractivity contribution is 5.73. The zero-order valence-corrected chi connectivity index (χ0v) is 14.5. The number of carbonyl (C=O) groups excluding carboxylic acids is 1. The highest BCUT2D eigenvalue weighted by Crippen LogP contribution is 2.37. The van der Waals surface area contributed by atoms with Gasteiger partial charge in [-0.25, -0.2) is 0 Å². The molecule has 3 rings (SSSR count). The predicted molar refractivity (Wildman–Crippen MR) is 97.7 cm³/mol. The van der Waals surface area contributed by atoms with Crippen molar-refractivity contribution in [3.05, 3.63) is 71.8 Å². The molecule has 1 fully saturated rings. The second-order valence-electron chi connectivity index (χ2n) is 6.77.